The van der Waals surface area contributed by atoms with Gasteiger partial charge in [0.05, 0.1) is 0 Å². The Morgan fingerprint density at radius 2 is 2.00 bits per heavy atom. The van der Waals surface area contributed by atoms with Crippen LogP contribution in [0, 0.1) is 0 Å². The Labute approximate surface area is 162 Å². The number of carbonyl (C=O) groups excluding carboxylic acids is 1. The van der Waals surface area contributed by atoms with Gasteiger partial charge >= 0.3 is 0 Å². The molecule has 0 fully saturated rings. The Bertz CT molecular complexity index is 749. The molecule has 2 aromatic carbocycles. The highest BCUT2D eigenvalue weighted by Gasteiger charge is 2.13. The fraction of sp³-hybridized carbons (Fsp3) is 0.350. The zero-order valence-corrected chi connectivity index (χ0v) is 16.9. The van der Waals surface area contributed by atoms with Gasteiger partial charge in [-0.1, -0.05) is 60.4 Å². The molecular weight excluding hydrogens is 404 g/mol. The molecule has 0 unspecified atom stereocenters. The van der Waals surface area contributed by atoms with E-state index in [1.807, 2.05) is 32.0 Å². The maximum atomic E-state index is 11.4. The molecule has 0 spiro atoms. The van der Waals surface area contributed by atoms with Crippen LogP contribution in [0.2, 0.25) is 5.02 Å². The van der Waals surface area contributed by atoms with Gasteiger partial charge in [-0.2, -0.15) is 0 Å². The SMILES string of the molecule is CCC(=O)COc1cc(Cl)c(Cc2ccc(O)c(C(C)C)c2)c(Br)c1. The van der Waals surface area contributed by atoms with Gasteiger partial charge in [-0.3, -0.25) is 4.79 Å². The summed E-state index contributed by atoms with van der Waals surface area (Å²) in [5.74, 6) is 1.16. The maximum absolute atomic E-state index is 11.4. The monoisotopic (exact) mass is 424 g/mol. The van der Waals surface area contributed by atoms with E-state index < -0.39 is 0 Å². The minimum atomic E-state index is 0.0432. The summed E-state index contributed by atoms with van der Waals surface area (Å²) in [6.45, 7) is 5.95. The van der Waals surface area contributed by atoms with E-state index in [4.69, 9.17) is 16.3 Å². The molecule has 0 radical (unpaired) electrons. The smallest absolute Gasteiger partial charge is 0.169 e. The van der Waals surface area contributed by atoms with Crippen molar-refractivity contribution in [1.29, 1.82) is 0 Å². The molecular formula is C20H22BrClO3. The van der Waals surface area contributed by atoms with Crippen molar-refractivity contribution in [3.8, 4) is 11.5 Å². The summed E-state index contributed by atoms with van der Waals surface area (Å²) in [4.78, 5) is 11.4. The quantitative estimate of drug-likeness (QED) is 0.602. The summed E-state index contributed by atoms with van der Waals surface area (Å²) >= 11 is 9.97. The van der Waals surface area contributed by atoms with E-state index in [2.05, 4.69) is 15.9 Å². The molecule has 2 rings (SSSR count). The maximum Gasteiger partial charge on any atom is 0.169 e. The first-order chi connectivity index (χ1) is 11.8. The molecule has 1 N–H and O–H groups in total. The van der Waals surface area contributed by atoms with Crippen molar-refractivity contribution >= 4 is 33.3 Å². The predicted molar refractivity (Wildman–Crippen MR) is 105 cm³/mol. The van der Waals surface area contributed by atoms with E-state index >= 15 is 0 Å². The second-order valence-electron chi connectivity index (χ2n) is 6.27. The van der Waals surface area contributed by atoms with E-state index in [-0.39, 0.29) is 18.3 Å². The van der Waals surface area contributed by atoms with Crippen molar-refractivity contribution in [2.24, 2.45) is 0 Å². The summed E-state index contributed by atoms with van der Waals surface area (Å²) in [7, 11) is 0. The van der Waals surface area contributed by atoms with Crippen molar-refractivity contribution < 1.29 is 14.6 Å². The molecule has 0 aromatic heterocycles. The Kier molecular flexibility index (Phi) is 6.91. The van der Waals surface area contributed by atoms with E-state index in [0.29, 0.717) is 29.4 Å². The Morgan fingerprint density at radius 1 is 1.28 bits per heavy atom. The van der Waals surface area contributed by atoms with Crippen LogP contribution in [0.5, 0.6) is 11.5 Å². The molecule has 0 amide bonds. The van der Waals surface area contributed by atoms with Crippen LogP contribution in [0.1, 0.15) is 49.8 Å². The van der Waals surface area contributed by atoms with Gasteiger partial charge in [0.1, 0.15) is 18.1 Å². The number of carbonyl (C=O) groups is 1. The number of rotatable bonds is 7. The molecule has 5 heteroatoms. The summed E-state index contributed by atoms with van der Waals surface area (Å²) < 4.78 is 6.33. The Morgan fingerprint density at radius 3 is 2.60 bits per heavy atom. The molecule has 25 heavy (non-hydrogen) atoms. The predicted octanol–water partition coefficient (Wildman–Crippen LogP) is 5.88. The van der Waals surface area contributed by atoms with Crippen LogP contribution in [0.25, 0.3) is 0 Å². The summed E-state index contributed by atoms with van der Waals surface area (Å²) in [5, 5.41) is 10.5. The van der Waals surface area contributed by atoms with Gasteiger partial charge in [-0.05, 0) is 40.8 Å². The lowest BCUT2D eigenvalue weighted by molar-refractivity contribution is -0.120. The zero-order chi connectivity index (χ0) is 18.6. The molecule has 0 aliphatic heterocycles. The van der Waals surface area contributed by atoms with Crippen LogP contribution < -0.4 is 4.74 Å². The average molecular weight is 426 g/mol. The van der Waals surface area contributed by atoms with Crippen LogP contribution >= 0.6 is 27.5 Å². The normalized spacial score (nSPS) is 11.0. The van der Waals surface area contributed by atoms with Crippen LogP contribution in [-0.2, 0) is 11.2 Å². The molecule has 0 aliphatic rings. The second kappa shape index (κ2) is 8.72. The number of ether oxygens (including phenoxy) is 1. The van der Waals surface area contributed by atoms with Crippen LogP contribution in [-0.4, -0.2) is 17.5 Å². The lowest BCUT2D eigenvalue weighted by Gasteiger charge is -2.14. The van der Waals surface area contributed by atoms with Gasteiger partial charge < -0.3 is 9.84 Å². The summed E-state index contributed by atoms with van der Waals surface area (Å²) in [5.41, 5.74) is 2.93. The van der Waals surface area contributed by atoms with E-state index in [1.165, 1.54) is 0 Å². The minimum absolute atomic E-state index is 0.0432. The number of Topliss-reactive ketones (excluding diaryl/α,β-unsaturated/α-hetero) is 1. The number of aromatic hydroxyl groups is 1. The van der Waals surface area contributed by atoms with Crippen molar-refractivity contribution in [3.05, 3.63) is 56.5 Å². The fourth-order valence-electron chi connectivity index (χ4n) is 2.48. The molecule has 0 bridgehead atoms. The molecule has 2 aromatic rings. The number of ketones is 1. The topological polar surface area (TPSA) is 46.5 Å². The first kappa shape index (κ1) is 19.8. The molecule has 134 valence electrons. The van der Waals surface area contributed by atoms with Gasteiger partial charge in [0.15, 0.2) is 5.78 Å². The van der Waals surface area contributed by atoms with E-state index in [9.17, 15) is 9.90 Å². The number of benzene rings is 2. The number of hydrogen-bond acceptors (Lipinski definition) is 3. The Hall–Kier alpha value is -1.52. The van der Waals surface area contributed by atoms with Gasteiger partial charge in [-0.15, -0.1) is 0 Å². The molecule has 0 atom stereocenters. The van der Waals surface area contributed by atoms with Gasteiger partial charge in [0, 0.05) is 22.3 Å². The fourth-order valence-corrected chi connectivity index (χ4v) is 3.45. The van der Waals surface area contributed by atoms with E-state index in [1.54, 1.807) is 19.1 Å². The zero-order valence-electron chi connectivity index (χ0n) is 14.6. The molecule has 0 saturated heterocycles. The largest absolute Gasteiger partial charge is 0.508 e. The van der Waals surface area contributed by atoms with Gasteiger partial charge in [-0.25, -0.2) is 0 Å². The average Bonchev–Trinajstić information content (AvgIpc) is 2.57. The van der Waals surface area contributed by atoms with Crippen molar-refractivity contribution in [3.63, 3.8) is 0 Å². The first-order valence-electron chi connectivity index (χ1n) is 8.26. The number of halogens is 2. The van der Waals surface area contributed by atoms with Crippen LogP contribution in [0.3, 0.4) is 0 Å². The van der Waals surface area contributed by atoms with Crippen molar-refractivity contribution in [2.75, 3.05) is 6.61 Å². The standard InChI is InChI=1S/C20H22BrClO3/c1-4-14(23)11-25-15-9-18(21)17(19(22)10-15)8-13-5-6-20(24)16(7-13)12(2)3/h5-7,9-10,12,24H,4,8,11H2,1-3H3. The third kappa shape index (κ3) is 5.23. The lowest BCUT2D eigenvalue weighted by Crippen LogP contribution is -2.09. The second-order valence-corrected chi connectivity index (χ2v) is 7.53. The van der Waals surface area contributed by atoms with Gasteiger partial charge in [0.25, 0.3) is 0 Å². The highest BCUT2D eigenvalue weighted by molar-refractivity contribution is 9.10. The minimum Gasteiger partial charge on any atom is -0.508 e. The summed E-state index contributed by atoms with van der Waals surface area (Å²) in [6, 6.07) is 9.18. The lowest BCUT2D eigenvalue weighted by atomic mass is 9.96. The number of hydrogen-bond donors (Lipinski definition) is 1. The first-order valence-corrected chi connectivity index (χ1v) is 9.43. The van der Waals surface area contributed by atoms with E-state index in [0.717, 1.165) is 21.2 Å². The number of phenols is 1. The third-order valence-corrected chi connectivity index (χ3v) is 5.05. The molecule has 0 heterocycles. The van der Waals surface area contributed by atoms with Crippen LogP contribution in [0.4, 0.5) is 0 Å². The van der Waals surface area contributed by atoms with Crippen molar-refractivity contribution in [2.45, 2.75) is 39.5 Å². The number of phenolic OH excluding ortho intramolecular Hbond substituents is 1. The van der Waals surface area contributed by atoms with Crippen LogP contribution in [0.15, 0.2) is 34.8 Å². The highest BCUT2D eigenvalue weighted by atomic mass is 79.9. The summed E-state index contributed by atoms with van der Waals surface area (Å²) in [6.07, 6.45) is 1.08. The molecule has 0 aliphatic carbocycles. The van der Waals surface area contributed by atoms with Gasteiger partial charge in [0.2, 0.25) is 0 Å². The molecule has 0 saturated carbocycles. The Balaban J connectivity index is 2.23. The molecule has 3 nitrogen and oxygen atoms in total. The highest BCUT2D eigenvalue weighted by Crippen LogP contribution is 2.34. The third-order valence-electron chi connectivity index (χ3n) is 4.00. The van der Waals surface area contributed by atoms with Crippen molar-refractivity contribution in [1.82, 2.24) is 0 Å².